The summed E-state index contributed by atoms with van der Waals surface area (Å²) in [5.74, 6) is -9.52. The lowest BCUT2D eigenvalue weighted by Gasteiger charge is -2.42. The van der Waals surface area contributed by atoms with E-state index in [1.807, 2.05) is 37.3 Å². The Labute approximate surface area is 296 Å². The van der Waals surface area contributed by atoms with E-state index in [2.05, 4.69) is 12.2 Å². The molecule has 12 nitrogen and oxygen atoms in total. The Balaban J connectivity index is 2.51. The predicted molar refractivity (Wildman–Crippen MR) is 189 cm³/mol. The number of unbranched alkanes of at least 4 members (excludes halogenated alkanes) is 1. The average molecular weight is 720 g/mol. The first-order valence-corrected chi connectivity index (χ1v) is 19.1. The first kappa shape index (κ1) is 40.8. The van der Waals surface area contributed by atoms with Crippen LogP contribution >= 0.6 is 10.6 Å². The molecule has 1 aliphatic heterocycles. The van der Waals surface area contributed by atoms with Crippen LogP contribution in [0.15, 0.2) is 47.4 Å². The summed E-state index contributed by atoms with van der Waals surface area (Å²) in [5.41, 5.74) is 0.680. The fourth-order valence-electron chi connectivity index (χ4n) is 6.63. The summed E-state index contributed by atoms with van der Waals surface area (Å²) in [6.45, 7) is 9.82. The Bertz CT molecular complexity index is 1390. The van der Waals surface area contributed by atoms with Gasteiger partial charge in [-0.05, 0) is 58.2 Å². The van der Waals surface area contributed by atoms with Crippen molar-refractivity contribution < 1.29 is 52.0 Å². The van der Waals surface area contributed by atoms with E-state index in [1.165, 1.54) is 13.2 Å². The SMILES string of the molecule is CCCC[C@]1(CC)CS(O)(O)c2cc(C(C(C(=O)OCC)C(=O)OCC)C(C(=O)OCC)C(=O)OCC)c(OC)cc2[C@@H](c2ccccc2)N1. The Morgan fingerprint density at radius 3 is 1.74 bits per heavy atom. The fourth-order valence-corrected chi connectivity index (χ4v) is 8.86. The Hall–Kier alpha value is -3.65. The minimum Gasteiger partial charge on any atom is -0.496 e. The van der Waals surface area contributed by atoms with Gasteiger partial charge < -0.3 is 23.7 Å². The first-order chi connectivity index (χ1) is 23.9. The molecule has 50 heavy (non-hydrogen) atoms. The van der Waals surface area contributed by atoms with Gasteiger partial charge in [-0.25, -0.2) is 0 Å². The van der Waals surface area contributed by atoms with Gasteiger partial charge in [-0.2, -0.15) is 10.6 Å². The van der Waals surface area contributed by atoms with E-state index in [0.717, 1.165) is 18.4 Å². The maximum atomic E-state index is 13.7. The van der Waals surface area contributed by atoms with Crippen LogP contribution in [0, 0.1) is 11.8 Å². The normalized spacial score (nSPS) is 18.9. The van der Waals surface area contributed by atoms with Gasteiger partial charge in [-0.15, -0.1) is 0 Å². The van der Waals surface area contributed by atoms with Crippen molar-refractivity contribution in [2.24, 2.45) is 11.8 Å². The highest BCUT2D eigenvalue weighted by Crippen LogP contribution is 2.59. The molecule has 2 atom stereocenters. The number of carbonyl (C=O) groups is 4. The van der Waals surface area contributed by atoms with Crippen LogP contribution in [0.5, 0.6) is 5.75 Å². The molecular formula is C37H53NO11S. The quantitative estimate of drug-likeness (QED) is 0.0936. The first-order valence-electron chi connectivity index (χ1n) is 17.4. The maximum Gasteiger partial charge on any atom is 0.320 e. The highest BCUT2D eigenvalue weighted by molar-refractivity contribution is 8.24. The largest absolute Gasteiger partial charge is 0.496 e. The Kier molecular flexibility index (Phi) is 15.1. The molecule has 3 N–H and O–H groups in total. The minimum absolute atomic E-state index is 0.00723. The maximum absolute atomic E-state index is 13.7. The van der Waals surface area contributed by atoms with Gasteiger partial charge in [0.2, 0.25) is 0 Å². The minimum atomic E-state index is -3.61. The summed E-state index contributed by atoms with van der Waals surface area (Å²) in [7, 11) is -2.24. The summed E-state index contributed by atoms with van der Waals surface area (Å²) >= 11 is 0. The number of esters is 4. The number of hydrogen-bond acceptors (Lipinski definition) is 12. The zero-order chi connectivity index (χ0) is 37.1. The lowest BCUT2D eigenvalue weighted by molar-refractivity contribution is -0.169. The van der Waals surface area contributed by atoms with Crippen LogP contribution in [0.2, 0.25) is 0 Å². The van der Waals surface area contributed by atoms with Crippen molar-refractivity contribution in [3.05, 3.63) is 59.2 Å². The summed E-state index contributed by atoms with van der Waals surface area (Å²) in [6.07, 6.45) is 3.00. The van der Waals surface area contributed by atoms with Crippen LogP contribution in [0.1, 0.15) is 95.9 Å². The van der Waals surface area contributed by atoms with Gasteiger partial charge in [0.15, 0.2) is 11.8 Å². The van der Waals surface area contributed by atoms with Gasteiger partial charge in [0.25, 0.3) is 0 Å². The van der Waals surface area contributed by atoms with Gasteiger partial charge in [-0.1, -0.05) is 57.0 Å². The molecule has 0 radical (unpaired) electrons. The van der Waals surface area contributed by atoms with Crippen molar-refractivity contribution in [3.8, 4) is 5.75 Å². The van der Waals surface area contributed by atoms with Crippen LogP contribution in [0.3, 0.4) is 0 Å². The van der Waals surface area contributed by atoms with E-state index in [0.29, 0.717) is 18.4 Å². The van der Waals surface area contributed by atoms with Crippen molar-refractivity contribution in [2.75, 3.05) is 39.3 Å². The molecule has 2 aromatic rings. The molecule has 3 rings (SSSR count). The third-order valence-corrected chi connectivity index (χ3v) is 11.0. The fraction of sp³-hybridized carbons (Fsp3) is 0.568. The number of hydrogen-bond donors (Lipinski definition) is 3. The second kappa shape index (κ2) is 18.5. The molecule has 0 amide bonds. The van der Waals surface area contributed by atoms with Gasteiger partial charge >= 0.3 is 23.9 Å². The van der Waals surface area contributed by atoms with Gasteiger partial charge in [0.05, 0.1) is 50.2 Å². The number of nitrogens with one attached hydrogen (secondary N) is 1. The van der Waals surface area contributed by atoms with Crippen molar-refractivity contribution in [2.45, 2.75) is 89.6 Å². The van der Waals surface area contributed by atoms with Gasteiger partial charge in [0, 0.05) is 22.6 Å². The molecule has 0 spiro atoms. The smallest absolute Gasteiger partial charge is 0.320 e. The molecule has 2 aromatic carbocycles. The third-order valence-electron chi connectivity index (χ3n) is 9.01. The highest BCUT2D eigenvalue weighted by Gasteiger charge is 2.52. The lowest BCUT2D eigenvalue weighted by Crippen LogP contribution is -2.49. The van der Waals surface area contributed by atoms with E-state index >= 15 is 0 Å². The number of fused-ring (bicyclic) bond motifs is 1. The molecule has 0 unspecified atom stereocenters. The monoisotopic (exact) mass is 719 g/mol. The zero-order valence-corrected chi connectivity index (χ0v) is 31.0. The van der Waals surface area contributed by atoms with Gasteiger partial charge in [-0.3, -0.25) is 33.6 Å². The molecule has 0 saturated carbocycles. The van der Waals surface area contributed by atoms with Crippen molar-refractivity contribution in [1.82, 2.24) is 5.32 Å². The van der Waals surface area contributed by atoms with Crippen LogP contribution in [0.4, 0.5) is 0 Å². The summed E-state index contributed by atoms with van der Waals surface area (Å²) in [5, 5.41) is 3.78. The number of ether oxygens (including phenoxy) is 5. The molecule has 0 fully saturated rings. The van der Waals surface area contributed by atoms with Crippen LogP contribution < -0.4 is 10.1 Å². The molecule has 1 aliphatic rings. The van der Waals surface area contributed by atoms with Crippen LogP contribution in [-0.2, 0) is 38.1 Å². The standard InChI is InChI=1S/C37H53NO11S/c1-8-14-20-37(9-2)23-50(43,44)28-22-25(27(45-7)21-26(28)32(38-37)24-18-16-15-17-19-24)29(30(33(39)46-10-3)34(40)47-11-4)31(35(41)48-12-5)36(42)49-13-6/h15-19,21-22,29-32,38,43-44H,8-14,20,23H2,1-7H3/t32-,37-/m1/s1. The third kappa shape index (κ3) is 9.17. The Morgan fingerprint density at radius 1 is 0.820 bits per heavy atom. The van der Waals surface area contributed by atoms with E-state index in [9.17, 15) is 28.3 Å². The second-order valence-electron chi connectivity index (χ2n) is 12.2. The number of benzene rings is 2. The summed E-state index contributed by atoms with van der Waals surface area (Å²) in [6, 6.07) is 12.1. The van der Waals surface area contributed by atoms with Crippen LogP contribution in [-0.4, -0.2) is 77.8 Å². The van der Waals surface area contributed by atoms with E-state index in [4.69, 9.17) is 23.7 Å². The molecule has 0 saturated heterocycles. The zero-order valence-electron chi connectivity index (χ0n) is 30.2. The highest BCUT2D eigenvalue weighted by atomic mass is 32.3. The second-order valence-corrected chi connectivity index (χ2v) is 14.2. The lowest BCUT2D eigenvalue weighted by atomic mass is 9.75. The average Bonchev–Trinajstić information content (AvgIpc) is 3.18. The number of methoxy groups -OCH3 is 1. The summed E-state index contributed by atoms with van der Waals surface area (Å²) < 4.78 is 51.5. The summed E-state index contributed by atoms with van der Waals surface area (Å²) in [4.78, 5) is 54.9. The van der Waals surface area contributed by atoms with Crippen molar-refractivity contribution in [3.63, 3.8) is 0 Å². The molecule has 0 aliphatic carbocycles. The van der Waals surface area contributed by atoms with E-state index in [1.54, 1.807) is 33.8 Å². The predicted octanol–water partition coefficient (Wildman–Crippen LogP) is 6.40. The van der Waals surface area contributed by atoms with Gasteiger partial charge in [0.1, 0.15) is 5.75 Å². The number of carbonyl (C=O) groups excluding carboxylic acids is 4. The topological polar surface area (TPSA) is 167 Å². The molecule has 1 heterocycles. The van der Waals surface area contributed by atoms with E-state index < -0.39 is 63.8 Å². The number of rotatable bonds is 17. The Morgan fingerprint density at radius 2 is 1.32 bits per heavy atom. The van der Waals surface area contributed by atoms with Crippen LogP contribution in [0.25, 0.3) is 0 Å². The van der Waals surface area contributed by atoms with Crippen molar-refractivity contribution in [1.29, 1.82) is 0 Å². The molecule has 278 valence electrons. The van der Waals surface area contributed by atoms with E-state index in [-0.39, 0.29) is 48.4 Å². The molecular weight excluding hydrogens is 666 g/mol. The molecule has 0 bridgehead atoms. The molecule has 13 heteroatoms. The molecule has 0 aromatic heterocycles. The van der Waals surface area contributed by atoms with Crippen molar-refractivity contribution >= 4 is 34.5 Å².